The molecule has 4 nitrogen and oxygen atoms in total. The molecule has 0 aliphatic heterocycles. The lowest BCUT2D eigenvalue weighted by Gasteiger charge is -1.93. The van der Waals surface area contributed by atoms with E-state index in [0.29, 0.717) is 0 Å². The van der Waals surface area contributed by atoms with Crippen LogP contribution in [-0.4, -0.2) is 28.3 Å². The Morgan fingerprint density at radius 3 is 3.07 bits per heavy atom. The van der Waals surface area contributed by atoms with Gasteiger partial charge in [0.2, 0.25) is 0 Å². The molecule has 4 heteroatoms. The van der Waals surface area contributed by atoms with Crippen LogP contribution in [0.15, 0.2) is 18.3 Å². The molecule has 0 unspecified atom stereocenters. The first-order chi connectivity index (χ1) is 7.31. The fraction of sp³-hybridized carbons (Fsp3) is 0.455. The summed E-state index contributed by atoms with van der Waals surface area (Å²) in [4.78, 5) is 4.48. The molecule has 2 rings (SSSR count). The normalized spacial score (nSPS) is 11.1. The Kier molecular flexibility index (Phi) is 2.97. The molecule has 2 aromatic heterocycles. The van der Waals surface area contributed by atoms with Gasteiger partial charge in [-0.2, -0.15) is 5.10 Å². The summed E-state index contributed by atoms with van der Waals surface area (Å²) in [6.45, 7) is 2.80. The maximum Gasteiger partial charge on any atom is 0.158 e. The summed E-state index contributed by atoms with van der Waals surface area (Å²) in [5.41, 5.74) is 2.10. The Morgan fingerprint density at radius 1 is 1.47 bits per heavy atom. The summed E-state index contributed by atoms with van der Waals surface area (Å²) in [6.07, 6.45) is 3.76. The molecule has 0 N–H and O–H groups in total. The number of rotatable bonds is 4. The molecular weight excluding hydrogens is 190 g/mol. The van der Waals surface area contributed by atoms with E-state index in [-0.39, 0.29) is 0 Å². The van der Waals surface area contributed by atoms with Crippen molar-refractivity contribution in [1.82, 2.24) is 14.6 Å². The molecular formula is C11H15N3O. The number of fused-ring (bicyclic) bond motifs is 1. The lowest BCUT2D eigenvalue weighted by Crippen LogP contribution is -1.94. The molecule has 0 bridgehead atoms. The summed E-state index contributed by atoms with van der Waals surface area (Å²) >= 11 is 0. The minimum Gasteiger partial charge on any atom is -0.385 e. The number of hydrogen-bond donors (Lipinski definition) is 0. The van der Waals surface area contributed by atoms with Crippen molar-refractivity contribution in [1.29, 1.82) is 0 Å². The van der Waals surface area contributed by atoms with E-state index in [4.69, 9.17) is 4.74 Å². The van der Waals surface area contributed by atoms with Crippen molar-refractivity contribution in [2.45, 2.75) is 19.8 Å². The number of pyridine rings is 1. The maximum absolute atomic E-state index is 5.00. The number of methoxy groups -OCH3 is 1. The summed E-state index contributed by atoms with van der Waals surface area (Å²) in [5.74, 6) is 0.890. The predicted octanol–water partition coefficient (Wildman–Crippen LogP) is 1.62. The molecule has 0 spiro atoms. The standard InChI is InChI=1S/C11H15N3O/c1-9-5-3-7-14-11(9)12-10(13-14)6-4-8-15-2/h3,5,7H,4,6,8H2,1-2H3. The summed E-state index contributed by atoms with van der Waals surface area (Å²) < 4.78 is 6.83. The van der Waals surface area contributed by atoms with Gasteiger partial charge < -0.3 is 4.74 Å². The molecule has 2 heterocycles. The minimum absolute atomic E-state index is 0.758. The van der Waals surface area contributed by atoms with Gasteiger partial charge in [0.1, 0.15) is 0 Å². The van der Waals surface area contributed by atoms with Crippen molar-refractivity contribution >= 4 is 5.65 Å². The Morgan fingerprint density at radius 2 is 2.33 bits per heavy atom. The van der Waals surface area contributed by atoms with Crippen molar-refractivity contribution in [3.8, 4) is 0 Å². The SMILES string of the molecule is COCCCc1nc2c(C)cccn2n1. The first-order valence-electron chi connectivity index (χ1n) is 5.11. The molecule has 0 saturated carbocycles. The van der Waals surface area contributed by atoms with Gasteiger partial charge in [-0.1, -0.05) is 6.07 Å². The lowest BCUT2D eigenvalue weighted by atomic mass is 10.3. The third-order valence-corrected chi connectivity index (χ3v) is 2.35. The summed E-state index contributed by atoms with van der Waals surface area (Å²) in [5, 5.41) is 4.40. The van der Waals surface area contributed by atoms with Gasteiger partial charge in [0, 0.05) is 26.3 Å². The first kappa shape index (κ1) is 10.1. The second kappa shape index (κ2) is 4.40. The lowest BCUT2D eigenvalue weighted by molar-refractivity contribution is 0.194. The molecule has 0 atom stereocenters. The first-order valence-corrected chi connectivity index (χ1v) is 5.11. The van der Waals surface area contributed by atoms with E-state index in [1.165, 1.54) is 0 Å². The van der Waals surface area contributed by atoms with Gasteiger partial charge in [-0.15, -0.1) is 0 Å². The van der Waals surface area contributed by atoms with Crippen LogP contribution < -0.4 is 0 Å². The van der Waals surface area contributed by atoms with Gasteiger partial charge in [-0.25, -0.2) is 9.50 Å². The largest absolute Gasteiger partial charge is 0.385 e. The second-order valence-corrected chi connectivity index (χ2v) is 3.58. The van der Waals surface area contributed by atoms with Crippen LogP contribution >= 0.6 is 0 Å². The van der Waals surface area contributed by atoms with Crippen molar-refractivity contribution in [2.24, 2.45) is 0 Å². The number of nitrogens with zero attached hydrogens (tertiary/aromatic N) is 3. The Hall–Kier alpha value is -1.42. The van der Waals surface area contributed by atoms with Crippen LogP contribution in [0.2, 0.25) is 0 Å². The van der Waals surface area contributed by atoms with Crippen LogP contribution in [0, 0.1) is 6.92 Å². The van der Waals surface area contributed by atoms with E-state index in [9.17, 15) is 0 Å². The zero-order valence-electron chi connectivity index (χ0n) is 9.10. The van der Waals surface area contributed by atoms with Crippen LogP contribution in [0.25, 0.3) is 5.65 Å². The van der Waals surface area contributed by atoms with Crippen LogP contribution in [0.3, 0.4) is 0 Å². The highest BCUT2D eigenvalue weighted by Crippen LogP contribution is 2.07. The van der Waals surface area contributed by atoms with Gasteiger partial charge in [0.15, 0.2) is 11.5 Å². The van der Waals surface area contributed by atoms with Crippen LogP contribution in [-0.2, 0) is 11.2 Å². The molecule has 0 saturated heterocycles. The van der Waals surface area contributed by atoms with Gasteiger partial charge >= 0.3 is 0 Å². The van der Waals surface area contributed by atoms with E-state index in [2.05, 4.69) is 10.1 Å². The molecule has 2 aromatic rings. The molecule has 0 amide bonds. The molecule has 0 aromatic carbocycles. The average molecular weight is 205 g/mol. The van der Waals surface area contributed by atoms with E-state index in [0.717, 1.165) is 36.5 Å². The van der Waals surface area contributed by atoms with Crippen molar-refractivity contribution < 1.29 is 4.74 Å². The topological polar surface area (TPSA) is 39.4 Å². The zero-order chi connectivity index (χ0) is 10.7. The van der Waals surface area contributed by atoms with Gasteiger partial charge in [0.05, 0.1) is 0 Å². The average Bonchev–Trinajstić information content (AvgIpc) is 2.63. The monoisotopic (exact) mass is 205 g/mol. The van der Waals surface area contributed by atoms with Crippen LogP contribution in [0.1, 0.15) is 17.8 Å². The third kappa shape index (κ3) is 2.15. The minimum atomic E-state index is 0.758. The van der Waals surface area contributed by atoms with Gasteiger partial charge in [-0.3, -0.25) is 0 Å². The fourth-order valence-corrected chi connectivity index (χ4v) is 1.56. The number of aromatic nitrogens is 3. The molecule has 0 fully saturated rings. The number of hydrogen-bond acceptors (Lipinski definition) is 3. The van der Waals surface area contributed by atoms with Crippen LogP contribution in [0.4, 0.5) is 0 Å². The fourth-order valence-electron chi connectivity index (χ4n) is 1.56. The smallest absolute Gasteiger partial charge is 0.158 e. The van der Waals surface area contributed by atoms with E-state index >= 15 is 0 Å². The Bertz CT molecular complexity index is 450. The second-order valence-electron chi connectivity index (χ2n) is 3.58. The molecule has 0 aliphatic carbocycles. The highest BCUT2D eigenvalue weighted by atomic mass is 16.5. The molecule has 15 heavy (non-hydrogen) atoms. The Balaban J connectivity index is 2.20. The van der Waals surface area contributed by atoms with Crippen molar-refractivity contribution in [2.75, 3.05) is 13.7 Å². The molecule has 0 radical (unpaired) electrons. The number of ether oxygens (including phenoxy) is 1. The predicted molar refractivity (Wildman–Crippen MR) is 57.9 cm³/mol. The molecule has 0 aliphatic rings. The van der Waals surface area contributed by atoms with Crippen molar-refractivity contribution in [3.05, 3.63) is 29.7 Å². The van der Waals surface area contributed by atoms with E-state index in [1.54, 1.807) is 7.11 Å². The number of aryl methyl sites for hydroxylation is 2. The van der Waals surface area contributed by atoms with Gasteiger partial charge in [0.25, 0.3) is 0 Å². The highest BCUT2D eigenvalue weighted by Gasteiger charge is 2.04. The Labute approximate surface area is 88.9 Å². The van der Waals surface area contributed by atoms with Crippen molar-refractivity contribution in [3.63, 3.8) is 0 Å². The highest BCUT2D eigenvalue weighted by molar-refractivity contribution is 5.45. The molecule has 80 valence electrons. The quantitative estimate of drug-likeness (QED) is 0.712. The van der Waals surface area contributed by atoms with E-state index in [1.807, 2.05) is 29.8 Å². The van der Waals surface area contributed by atoms with E-state index < -0.39 is 0 Å². The third-order valence-electron chi connectivity index (χ3n) is 2.35. The van der Waals surface area contributed by atoms with Gasteiger partial charge in [-0.05, 0) is 25.0 Å². The summed E-state index contributed by atoms with van der Waals surface area (Å²) in [7, 11) is 1.71. The zero-order valence-corrected chi connectivity index (χ0v) is 9.10. The maximum atomic E-state index is 5.00. The summed E-state index contributed by atoms with van der Waals surface area (Å²) in [6, 6.07) is 4.03. The van der Waals surface area contributed by atoms with Crippen LogP contribution in [0.5, 0.6) is 0 Å².